The SMILES string of the molecule is CSc1ccccc1-c1onc(N)c1-c1ccccc1F. The van der Waals surface area contributed by atoms with Gasteiger partial charge in [-0.15, -0.1) is 11.8 Å². The Balaban J connectivity index is 2.25. The van der Waals surface area contributed by atoms with E-state index in [2.05, 4.69) is 5.16 Å². The third-order valence-electron chi connectivity index (χ3n) is 3.21. The summed E-state index contributed by atoms with van der Waals surface area (Å²) in [5.41, 5.74) is 7.63. The molecule has 0 amide bonds. The second-order valence-corrected chi connectivity index (χ2v) is 5.30. The predicted molar refractivity (Wildman–Crippen MR) is 83.5 cm³/mol. The highest BCUT2D eigenvalue weighted by Crippen LogP contribution is 2.40. The molecular weight excluding hydrogens is 287 g/mol. The number of nitrogens with zero attached hydrogens (tertiary/aromatic N) is 1. The summed E-state index contributed by atoms with van der Waals surface area (Å²) >= 11 is 1.59. The van der Waals surface area contributed by atoms with E-state index in [4.69, 9.17) is 10.3 Å². The molecule has 0 aliphatic carbocycles. The van der Waals surface area contributed by atoms with Gasteiger partial charge in [0.05, 0.1) is 5.56 Å². The van der Waals surface area contributed by atoms with Gasteiger partial charge in [0.15, 0.2) is 11.6 Å². The van der Waals surface area contributed by atoms with E-state index in [9.17, 15) is 4.39 Å². The lowest BCUT2D eigenvalue weighted by Crippen LogP contribution is -1.92. The lowest BCUT2D eigenvalue weighted by Gasteiger charge is -2.07. The molecule has 0 saturated carbocycles. The molecule has 0 atom stereocenters. The first kappa shape index (κ1) is 13.7. The van der Waals surface area contributed by atoms with Crippen LogP contribution >= 0.6 is 11.8 Å². The third kappa shape index (κ3) is 2.40. The number of halogens is 1. The van der Waals surface area contributed by atoms with Crippen molar-refractivity contribution in [2.45, 2.75) is 4.90 Å². The zero-order chi connectivity index (χ0) is 14.8. The number of hydrogen-bond donors (Lipinski definition) is 1. The van der Waals surface area contributed by atoms with Crippen molar-refractivity contribution in [3.05, 3.63) is 54.3 Å². The molecule has 2 aromatic carbocycles. The van der Waals surface area contributed by atoms with Crippen LogP contribution < -0.4 is 5.73 Å². The molecule has 0 aliphatic rings. The van der Waals surface area contributed by atoms with Crippen LogP contribution in [0.25, 0.3) is 22.5 Å². The van der Waals surface area contributed by atoms with E-state index in [0.717, 1.165) is 10.5 Å². The topological polar surface area (TPSA) is 52.0 Å². The highest BCUT2D eigenvalue weighted by Gasteiger charge is 2.21. The summed E-state index contributed by atoms with van der Waals surface area (Å²) in [5.74, 6) is 0.323. The molecule has 0 fully saturated rings. The number of anilines is 1. The van der Waals surface area contributed by atoms with E-state index in [0.29, 0.717) is 16.9 Å². The maximum absolute atomic E-state index is 14.1. The fourth-order valence-electron chi connectivity index (χ4n) is 2.24. The summed E-state index contributed by atoms with van der Waals surface area (Å²) < 4.78 is 19.5. The predicted octanol–water partition coefficient (Wildman–Crippen LogP) is 4.45. The van der Waals surface area contributed by atoms with Crippen LogP contribution in [0.15, 0.2) is 57.9 Å². The van der Waals surface area contributed by atoms with Crippen LogP contribution in [0, 0.1) is 5.82 Å². The summed E-state index contributed by atoms with van der Waals surface area (Å²) in [7, 11) is 0. The summed E-state index contributed by atoms with van der Waals surface area (Å²) in [6.45, 7) is 0. The Labute approximate surface area is 126 Å². The summed E-state index contributed by atoms with van der Waals surface area (Å²) in [5, 5.41) is 3.81. The Morgan fingerprint density at radius 2 is 1.71 bits per heavy atom. The standard InChI is InChI=1S/C16H13FN2OS/c1-21-13-9-5-3-7-11(13)15-14(16(18)19-20-15)10-6-2-4-8-12(10)17/h2-9H,1H3,(H2,18,19). The smallest absolute Gasteiger partial charge is 0.178 e. The average Bonchev–Trinajstić information content (AvgIpc) is 2.89. The minimum Gasteiger partial charge on any atom is -0.380 e. The Hall–Kier alpha value is -2.27. The maximum Gasteiger partial charge on any atom is 0.178 e. The Morgan fingerprint density at radius 3 is 2.43 bits per heavy atom. The molecule has 1 heterocycles. The van der Waals surface area contributed by atoms with Gasteiger partial charge in [0.1, 0.15) is 5.82 Å². The molecule has 0 spiro atoms. The van der Waals surface area contributed by atoms with Crippen LogP contribution in [0.3, 0.4) is 0 Å². The van der Waals surface area contributed by atoms with Gasteiger partial charge in [0.2, 0.25) is 0 Å². The number of rotatable bonds is 3. The molecule has 21 heavy (non-hydrogen) atoms. The van der Waals surface area contributed by atoms with Crippen LogP contribution in [-0.2, 0) is 0 Å². The van der Waals surface area contributed by atoms with Gasteiger partial charge in [0.25, 0.3) is 0 Å². The lowest BCUT2D eigenvalue weighted by molar-refractivity contribution is 0.435. The minimum absolute atomic E-state index is 0.186. The van der Waals surface area contributed by atoms with E-state index < -0.39 is 0 Å². The molecular formula is C16H13FN2OS. The Morgan fingerprint density at radius 1 is 1.05 bits per heavy atom. The van der Waals surface area contributed by atoms with Crippen molar-refractivity contribution in [3.8, 4) is 22.5 Å². The highest BCUT2D eigenvalue weighted by molar-refractivity contribution is 7.98. The monoisotopic (exact) mass is 300 g/mol. The second-order valence-electron chi connectivity index (χ2n) is 4.45. The average molecular weight is 300 g/mol. The number of benzene rings is 2. The molecule has 3 nitrogen and oxygen atoms in total. The van der Waals surface area contributed by atoms with Gasteiger partial charge < -0.3 is 10.3 Å². The van der Waals surface area contributed by atoms with Gasteiger partial charge in [-0.1, -0.05) is 35.5 Å². The van der Waals surface area contributed by atoms with Crippen molar-refractivity contribution in [1.82, 2.24) is 5.16 Å². The van der Waals surface area contributed by atoms with Gasteiger partial charge in [-0.3, -0.25) is 0 Å². The summed E-state index contributed by atoms with van der Waals surface area (Å²) in [6.07, 6.45) is 1.97. The van der Waals surface area contributed by atoms with Crippen LogP contribution in [0.2, 0.25) is 0 Å². The Bertz CT molecular complexity index is 785. The van der Waals surface area contributed by atoms with Gasteiger partial charge in [-0.25, -0.2) is 4.39 Å². The number of hydrogen-bond acceptors (Lipinski definition) is 4. The van der Waals surface area contributed by atoms with Crippen molar-refractivity contribution >= 4 is 17.6 Å². The fraction of sp³-hybridized carbons (Fsp3) is 0.0625. The maximum atomic E-state index is 14.1. The molecule has 0 aliphatic heterocycles. The molecule has 106 valence electrons. The van der Waals surface area contributed by atoms with Crippen LogP contribution in [-0.4, -0.2) is 11.4 Å². The molecule has 3 aromatic rings. The molecule has 1 aromatic heterocycles. The quantitative estimate of drug-likeness (QED) is 0.726. The number of thioether (sulfide) groups is 1. The molecule has 2 N–H and O–H groups in total. The molecule has 0 bridgehead atoms. The van der Waals surface area contributed by atoms with E-state index in [-0.39, 0.29) is 11.6 Å². The van der Waals surface area contributed by atoms with Crippen molar-refractivity contribution in [1.29, 1.82) is 0 Å². The normalized spacial score (nSPS) is 10.8. The highest BCUT2D eigenvalue weighted by atomic mass is 32.2. The van der Waals surface area contributed by atoms with Gasteiger partial charge in [-0.05, 0) is 24.5 Å². The van der Waals surface area contributed by atoms with Gasteiger partial charge >= 0.3 is 0 Å². The molecule has 0 unspecified atom stereocenters. The number of nitrogen functional groups attached to an aromatic ring is 1. The number of aromatic nitrogens is 1. The van der Waals surface area contributed by atoms with E-state index >= 15 is 0 Å². The lowest BCUT2D eigenvalue weighted by atomic mass is 10.0. The third-order valence-corrected chi connectivity index (χ3v) is 4.01. The van der Waals surface area contributed by atoms with Crippen LogP contribution in [0.4, 0.5) is 10.2 Å². The fourth-order valence-corrected chi connectivity index (χ4v) is 2.84. The van der Waals surface area contributed by atoms with Crippen molar-refractivity contribution in [2.75, 3.05) is 12.0 Å². The van der Waals surface area contributed by atoms with E-state index in [1.54, 1.807) is 30.0 Å². The van der Waals surface area contributed by atoms with Crippen molar-refractivity contribution < 1.29 is 8.91 Å². The van der Waals surface area contributed by atoms with E-state index in [1.165, 1.54) is 6.07 Å². The zero-order valence-electron chi connectivity index (χ0n) is 11.3. The first-order valence-electron chi connectivity index (χ1n) is 6.36. The first-order valence-corrected chi connectivity index (χ1v) is 7.58. The first-order chi connectivity index (χ1) is 10.2. The summed E-state index contributed by atoms with van der Waals surface area (Å²) in [4.78, 5) is 1.02. The molecule has 3 rings (SSSR count). The van der Waals surface area contributed by atoms with Crippen LogP contribution in [0.1, 0.15) is 0 Å². The molecule has 5 heteroatoms. The Kier molecular flexibility index (Phi) is 3.66. The minimum atomic E-state index is -0.352. The van der Waals surface area contributed by atoms with E-state index in [1.807, 2.05) is 30.5 Å². The number of nitrogens with two attached hydrogens (primary N) is 1. The summed E-state index contributed by atoms with van der Waals surface area (Å²) in [6, 6.07) is 14.2. The molecule has 0 radical (unpaired) electrons. The van der Waals surface area contributed by atoms with Gasteiger partial charge in [-0.2, -0.15) is 0 Å². The van der Waals surface area contributed by atoms with Gasteiger partial charge in [0, 0.05) is 16.0 Å². The van der Waals surface area contributed by atoms with Crippen LogP contribution in [0.5, 0.6) is 0 Å². The van der Waals surface area contributed by atoms with Crippen molar-refractivity contribution in [3.63, 3.8) is 0 Å². The largest absolute Gasteiger partial charge is 0.380 e. The second kappa shape index (κ2) is 5.61. The zero-order valence-corrected chi connectivity index (χ0v) is 12.2. The molecule has 0 saturated heterocycles. The van der Waals surface area contributed by atoms with Crippen molar-refractivity contribution in [2.24, 2.45) is 0 Å².